The lowest BCUT2D eigenvalue weighted by Gasteiger charge is -2.19. The third-order valence-electron chi connectivity index (χ3n) is 4.46. The molecule has 1 aromatic rings. The Labute approximate surface area is 135 Å². The number of rotatable bonds is 5. The Bertz CT molecular complexity index is 596. The van der Waals surface area contributed by atoms with Crippen LogP contribution in [0.3, 0.4) is 0 Å². The highest BCUT2D eigenvalue weighted by Crippen LogP contribution is 2.35. The molecule has 1 heterocycles. The summed E-state index contributed by atoms with van der Waals surface area (Å²) < 4.78 is 5.51. The second-order valence-corrected chi connectivity index (χ2v) is 6.22. The number of nitrogens with zero attached hydrogens (tertiary/aromatic N) is 1. The third-order valence-corrected chi connectivity index (χ3v) is 4.46. The van der Waals surface area contributed by atoms with E-state index in [0.717, 1.165) is 5.56 Å². The van der Waals surface area contributed by atoms with Crippen molar-refractivity contribution < 1.29 is 19.4 Å². The number of hydrogen-bond acceptors (Lipinski definition) is 4. The minimum Gasteiger partial charge on any atom is -0.491 e. The zero-order valence-corrected chi connectivity index (χ0v) is 13.1. The van der Waals surface area contributed by atoms with E-state index >= 15 is 0 Å². The molecule has 1 aliphatic heterocycles. The van der Waals surface area contributed by atoms with E-state index in [9.17, 15) is 14.7 Å². The standard InChI is InChI=1S/C18H21NO4/c1-12-6-8-14(9-7-12)23-11-13(20)10-19-17(21)15-4-2-3-5-16(15)18(19)22/h2-3,6-9,13,15-16,20H,4-5,10-11H2,1H3/t13-,15+,16+/m1/s1. The molecule has 1 aliphatic carbocycles. The van der Waals surface area contributed by atoms with Crippen molar-refractivity contribution in [3.8, 4) is 5.75 Å². The van der Waals surface area contributed by atoms with Crippen LogP contribution in [0, 0.1) is 18.8 Å². The van der Waals surface area contributed by atoms with Gasteiger partial charge in [-0.3, -0.25) is 14.5 Å². The molecule has 0 spiro atoms. The van der Waals surface area contributed by atoms with Gasteiger partial charge in [-0.15, -0.1) is 0 Å². The number of likely N-dealkylation sites (tertiary alicyclic amines) is 1. The maximum atomic E-state index is 12.3. The smallest absolute Gasteiger partial charge is 0.233 e. The molecule has 122 valence electrons. The molecule has 1 aromatic carbocycles. The average Bonchev–Trinajstić information content (AvgIpc) is 2.80. The van der Waals surface area contributed by atoms with Crippen molar-refractivity contribution in [2.45, 2.75) is 25.9 Å². The van der Waals surface area contributed by atoms with Crippen molar-refractivity contribution in [1.29, 1.82) is 0 Å². The predicted octanol–water partition coefficient (Wildman–Crippen LogP) is 1.69. The molecule has 0 aromatic heterocycles. The number of aliphatic hydroxyl groups excluding tert-OH is 1. The number of amides is 2. The van der Waals surface area contributed by atoms with Gasteiger partial charge in [-0.1, -0.05) is 29.8 Å². The maximum absolute atomic E-state index is 12.3. The molecule has 3 atom stereocenters. The monoisotopic (exact) mass is 315 g/mol. The Morgan fingerprint density at radius 1 is 1.13 bits per heavy atom. The highest BCUT2D eigenvalue weighted by Gasteiger charge is 2.47. The van der Waals surface area contributed by atoms with Crippen LogP contribution in [0.25, 0.3) is 0 Å². The lowest BCUT2D eigenvalue weighted by molar-refractivity contribution is -0.141. The molecule has 2 aliphatic rings. The lowest BCUT2D eigenvalue weighted by Crippen LogP contribution is -2.40. The third kappa shape index (κ3) is 3.29. The van der Waals surface area contributed by atoms with E-state index in [1.807, 2.05) is 43.3 Å². The number of carbonyl (C=O) groups excluding carboxylic acids is 2. The predicted molar refractivity (Wildman–Crippen MR) is 84.8 cm³/mol. The van der Waals surface area contributed by atoms with Crippen LogP contribution in [0.2, 0.25) is 0 Å². The van der Waals surface area contributed by atoms with Crippen LogP contribution in [0.4, 0.5) is 0 Å². The number of fused-ring (bicyclic) bond motifs is 1. The van der Waals surface area contributed by atoms with Gasteiger partial charge in [-0.25, -0.2) is 0 Å². The molecular weight excluding hydrogens is 294 g/mol. The van der Waals surface area contributed by atoms with Gasteiger partial charge in [-0.2, -0.15) is 0 Å². The van der Waals surface area contributed by atoms with Crippen molar-refractivity contribution in [3.63, 3.8) is 0 Å². The van der Waals surface area contributed by atoms with Gasteiger partial charge in [0, 0.05) is 0 Å². The Morgan fingerprint density at radius 2 is 1.70 bits per heavy atom. The molecule has 0 unspecified atom stereocenters. The quantitative estimate of drug-likeness (QED) is 0.663. The van der Waals surface area contributed by atoms with Crippen LogP contribution < -0.4 is 4.74 Å². The van der Waals surface area contributed by atoms with Crippen molar-refractivity contribution in [2.75, 3.05) is 13.2 Å². The summed E-state index contributed by atoms with van der Waals surface area (Å²) in [5, 5.41) is 10.1. The Balaban J connectivity index is 1.55. The summed E-state index contributed by atoms with van der Waals surface area (Å²) in [5.74, 6) is -0.181. The van der Waals surface area contributed by atoms with Gasteiger partial charge < -0.3 is 9.84 Å². The Kier molecular flexibility index (Phi) is 4.48. The largest absolute Gasteiger partial charge is 0.491 e. The SMILES string of the molecule is Cc1ccc(OC[C@H](O)CN2C(=O)[C@H]3CC=CC[C@@H]3C2=O)cc1. The van der Waals surface area contributed by atoms with E-state index in [1.165, 1.54) is 4.90 Å². The zero-order chi connectivity index (χ0) is 16.4. The van der Waals surface area contributed by atoms with E-state index in [-0.39, 0.29) is 36.8 Å². The van der Waals surface area contributed by atoms with Crippen molar-refractivity contribution in [1.82, 2.24) is 4.90 Å². The topological polar surface area (TPSA) is 66.8 Å². The number of carbonyl (C=O) groups is 2. The summed E-state index contributed by atoms with van der Waals surface area (Å²) in [7, 11) is 0. The first kappa shape index (κ1) is 15.7. The molecular formula is C18H21NO4. The first-order valence-corrected chi connectivity index (χ1v) is 7.94. The molecule has 0 bridgehead atoms. The molecule has 5 nitrogen and oxygen atoms in total. The Hall–Kier alpha value is -2.14. The number of allylic oxidation sites excluding steroid dienone is 2. The van der Waals surface area contributed by atoms with Crippen molar-refractivity contribution in [2.24, 2.45) is 11.8 Å². The van der Waals surface area contributed by atoms with Gasteiger partial charge >= 0.3 is 0 Å². The maximum Gasteiger partial charge on any atom is 0.233 e. The van der Waals surface area contributed by atoms with E-state index in [4.69, 9.17) is 4.74 Å². The highest BCUT2D eigenvalue weighted by molar-refractivity contribution is 6.05. The molecule has 5 heteroatoms. The van der Waals surface area contributed by atoms with Gasteiger partial charge in [0.05, 0.1) is 18.4 Å². The molecule has 1 fully saturated rings. The van der Waals surface area contributed by atoms with Gasteiger partial charge in [-0.05, 0) is 31.9 Å². The van der Waals surface area contributed by atoms with Crippen LogP contribution in [-0.4, -0.2) is 41.1 Å². The average molecular weight is 315 g/mol. The summed E-state index contributed by atoms with van der Waals surface area (Å²) in [6, 6.07) is 7.50. The normalized spacial score (nSPS) is 24.7. The van der Waals surface area contributed by atoms with Gasteiger partial charge in [0.25, 0.3) is 0 Å². The number of aryl methyl sites for hydroxylation is 1. The number of aliphatic hydroxyl groups is 1. The van der Waals surface area contributed by atoms with E-state index in [1.54, 1.807) is 0 Å². The fraction of sp³-hybridized carbons (Fsp3) is 0.444. The summed E-state index contributed by atoms with van der Waals surface area (Å²) in [4.78, 5) is 25.8. The second-order valence-electron chi connectivity index (χ2n) is 6.22. The molecule has 0 saturated carbocycles. The fourth-order valence-electron chi connectivity index (χ4n) is 3.14. The first-order valence-electron chi connectivity index (χ1n) is 7.94. The van der Waals surface area contributed by atoms with E-state index in [0.29, 0.717) is 18.6 Å². The van der Waals surface area contributed by atoms with Crippen molar-refractivity contribution in [3.05, 3.63) is 42.0 Å². The van der Waals surface area contributed by atoms with Crippen LogP contribution in [0.1, 0.15) is 18.4 Å². The van der Waals surface area contributed by atoms with Gasteiger partial charge in [0.15, 0.2) is 0 Å². The molecule has 2 amide bonds. The molecule has 1 N–H and O–H groups in total. The van der Waals surface area contributed by atoms with Gasteiger partial charge in [0.2, 0.25) is 11.8 Å². The highest BCUT2D eigenvalue weighted by atomic mass is 16.5. The van der Waals surface area contributed by atoms with Crippen LogP contribution in [0.5, 0.6) is 5.75 Å². The minimum absolute atomic E-state index is 0.00344. The number of benzene rings is 1. The fourth-order valence-corrected chi connectivity index (χ4v) is 3.14. The second kappa shape index (κ2) is 6.54. The summed E-state index contributed by atoms with van der Waals surface area (Å²) in [6.07, 6.45) is 4.24. The van der Waals surface area contributed by atoms with Crippen LogP contribution >= 0.6 is 0 Å². The molecule has 3 rings (SSSR count). The van der Waals surface area contributed by atoms with Gasteiger partial charge in [0.1, 0.15) is 18.5 Å². The van der Waals surface area contributed by atoms with Crippen LogP contribution in [-0.2, 0) is 9.59 Å². The molecule has 23 heavy (non-hydrogen) atoms. The first-order chi connectivity index (χ1) is 11.1. The van der Waals surface area contributed by atoms with Crippen molar-refractivity contribution >= 4 is 11.8 Å². The summed E-state index contributed by atoms with van der Waals surface area (Å²) in [5.41, 5.74) is 1.13. The molecule has 1 saturated heterocycles. The molecule has 0 radical (unpaired) electrons. The zero-order valence-electron chi connectivity index (χ0n) is 13.1. The summed E-state index contributed by atoms with van der Waals surface area (Å²) in [6.45, 7) is 2.03. The summed E-state index contributed by atoms with van der Waals surface area (Å²) >= 11 is 0. The van der Waals surface area contributed by atoms with Crippen LogP contribution in [0.15, 0.2) is 36.4 Å². The number of hydrogen-bond donors (Lipinski definition) is 1. The Morgan fingerprint density at radius 3 is 2.26 bits per heavy atom. The number of ether oxygens (including phenoxy) is 1. The van der Waals surface area contributed by atoms with E-state index in [2.05, 4.69) is 0 Å². The lowest BCUT2D eigenvalue weighted by atomic mass is 9.85. The number of imide groups is 1. The minimum atomic E-state index is -0.891. The van der Waals surface area contributed by atoms with E-state index < -0.39 is 6.10 Å². The number of β-amino-alcohol motifs (C(OH)–C–C–N with tert-alkyl or cyclic N) is 1.